The number of oxime groups is 1. The minimum Gasteiger partial charge on any atom is -0.466 e. The summed E-state index contributed by atoms with van der Waals surface area (Å²) < 4.78 is 5.01. The molecule has 1 fully saturated rings. The first kappa shape index (κ1) is 9.49. The van der Waals surface area contributed by atoms with Crippen LogP contribution in [-0.4, -0.2) is 24.9 Å². The van der Waals surface area contributed by atoms with Gasteiger partial charge in [0.2, 0.25) is 0 Å². The molecule has 0 aromatic rings. The molecule has 14 heavy (non-hydrogen) atoms. The highest BCUT2D eigenvalue weighted by Crippen LogP contribution is 2.33. The molecule has 1 saturated carbocycles. The predicted octanol–water partition coefficient (Wildman–Crippen LogP) is 1.35. The SMILES string of the molecule is CC(=O)OCC1CCC2ON=CC2C1. The van der Waals surface area contributed by atoms with Gasteiger partial charge in [-0.25, -0.2) is 0 Å². The largest absolute Gasteiger partial charge is 0.466 e. The standard InChI is InChI=1S/C10H15NO3/c1-7(12)13-6-8-2-3-10-9(4-8)5-11-14-10/h5,8-10H,2-4,6H2,1H3. The van der Waals surface area contributed by atoms with Crippen molar-refractivity contribution in [1.29, 1.82) is 0 Å². The van der Waals surface area contributed by atoms with Gasteiger partial charge in [0.1, 0.15) is 6.10 Å². The molecule has 1 aliphatic carbocycles. The molecular formula is C10H15NO3. The zero-order valence-corrected chi connectivity index (χ0v) is 8.31. The van der Waals surface area contributed by atoms with E-state index in [-0.39, 0.29) is 12.1 Å². The topological polar surface area (TPSA) is 47.9 Å². The summed E-state index contributed by atoms with van der Waals surface area (Å²) >= 11 is 0. The van der Waals surface area contributed by atoms with Crippen LogP contribution in [0.3, 0.4) is 0 Å². The lowest BCUT2D eigenvalue weighted by molar-refractivity contribution is -0.143. The van der Waals surface area contributed by atoms with Crippen molar-refractivity contribution in [1.82, 2.24) is 0 Å². The summed E-state index contributed by atoms with van der Waals surface area (Å²) in [5, 5.41) is 3.82. The molecule has 2 aliphatic rings. The van der Waals surface area contributed by atoms with E-state index in [0.717, 1.165) is 19.3 Å². The van der Waals surface area contributed by atoms with Crippen molar-refractivity contribution < 1.29 is 14.4 Å². The van der Waals surface area contributed by atoms with Crippen molar-refractivity contribution in [2.75, 3.05) is 6.61 Å². The lowest BCUT2D eigenvalue weighted by Gasteiger charge is -2.28. The molecule has 0 amide bonds. The lowest BCUT2D eigenvalue weighted by atomic mass is 9.81. The van der Waals surface area contributed by atoms with Gasteiger partial charge >= 0.3 is 5.97 Å². The Balaban J connectivity index is 1.79. The summed E-state index contributed by atoms with van der Waals surface area (Å²) in [6.07, 6.45) is 5.28. The molecule has 0 radical (unpaired) electrons. The molecule has 0 spiro atoms. The van der Waals surface area contributed by atoms with Gasteiger partial charge in [-0.05, 0) is 25.2 Å². The Morgan fingerprint density at radius 2 is 2.50 bits per heavy atom. The van der Waals surface area contributed by atoms with E-state index >= 15 is 0 Å². The average Bonchev–Trinajstić information content (AvgIpc) is 2.61. The van der Waals surface area contributed by atoms with Gasteiger partial charge in [0.15, 0.2) is 0 Å². The van der Waals surface area contributed by atoms with Crippen molar-refractivity contribution in [2.24, 2.45) is 17.0 Å². The van der Waals surface area contributed by atoms with Crippen LogP contribution in [0.5, 0.6) is 0 Å². The Hall–Kier alpha value is -1.06. The molecule has 78 valence electrons. The van der Waals surface area contributed by atoms with Crippen LogP contribution in [0, 0.1) is 11.8 Å². The molecule has 0 aromatic carbocycles. The second-order valence-corrected chi connectivity index (χ2v) is 4.04. The highest BCUT2D eigenvalue weighted by Gasteiger charge is 2.34. The van der Waals surface area contributed by atoms with Crippen molar-refractivity contribution in [3.05, 3.63) is 0 Å². The number of fused-ring (bicyclic) bond motifs is 1. The molecule has 2 rings (SSSR count). The Kier molecular flexibility index (Phi) is 2.70. The maximum Gasteiger partial charge on any atom is 0.302 e. The van der Waals surface area contributed by atoms with E-state index in [2.05, 4.69) is 5.16 Å². The van der Waals surface area contributed by atoms with Crippen LogP contribution in [0.4, 0.5) is 0 Å². The number of carbonyl (C=O) groups is 1. The monoisotopic (exact) mass is 197 g/mol. The minimum atomic E-state index is -0.191. The van der Waals surface area contributed by atoms with Crippen molar-refractivity contribution in [3.63, 3.8) is 0 Å². The molecule has 4 nitrogen and oxygen atoms in total. The average molecular weight is 197 g/mol. The summed E-state index contributed by atoms with van der Waals surface area (Å²) in [5.74, 6) is 0.723. The quantitative estimate of drug-likeness (QED) is 0.628. The Morgan fingerprint density at radius 1 is 1.64 bits per heavy atom. The van der Waals surface area contributed by atoms with Crippen molar-refractivity contribution in [2.45, 2.75) is 32.3 Å². The van der Waals surface area contributed by atoms with Crippen LogP contribution in [0.25, 0.3) is 0 Å². The maximum atomic E-state index is 10.6. The van der Waals surface area contributed by atoms with Gasteiger partial charge in [-0.1, -0.05) is 5.16 Å². The normalized spacial score (nSPS) is 34.8. The molecule has 1 aliphatic heterocycles. The van der Waals surface area contributed by atoms with Crippen LogP contribution >= 0.6 is 0 Å². The molecule has 3 unspecified atom stereocenters. The smallest absolute Gasteiger partial charge is 0.302 e. The molecule has 1 heterocycles. The summed E-state index contributed by atoms with van der Waals surface area (Å²) in [6.45, 7) is 2.00. The zero-order chi connectivity index (χ0) is 9.97. The Bertz CT molecular complexity index is 252. The van der Waals surface area contributed by atoms with Gasteiger partial charge in [-0.2, -0.15) is 0 Å². The number of hydrogen-bond acceptors (Lipinski definition) is 4. The molecule has 0 N–H and O–H groups in total. The fourth-order valence-electron chi connectivity index (χ4n) is 2.13. The van der Waals surface area contributed by atoms with Crippen LogP contribution in [0.1, 0.15) is 26.2 Å². The van der Waals surface area contributed by atoms with E-state index in [9.17, 15) is 4.79 Å². The summed E-state index contributed by atoms with van der Waals surface area (Å²) in [4.78, 5) is 15.8. The van der Waals surface area contributed by atoms with Gasteiger partial charge in [-0.3, -0.25) is 4.79 Å². The molecule has 4 heteroatoms. The van der Waals surface area contributed by atoms with E-state index in [1.54, 1.807) is 0 Å². The third-order valence-electron chi connectivity index (χ3n) is 2.91. The van der Waals surface area contributed by atoms with Crippen LogP contribution in [0.2, 0.25) is 0 Å². The molecular weight excluding hydrogens is 182 g/mol. The highest BCUT2D eigenvalue weighted by molar-refractivity contribution is 5.66. The van der Waals surface area contributed by atoms with Gasteiger partial charge in [0.05, 0.1) is 12.8 Å². The number of hydrogen-bond donors (Lipinski definition) is 0. The van der Waals surface area contributed by atoms with Crippen molar-refractivity contribution >= 4 is 12.2 Å². The maximum absolute atomic E-state index is 10.6. The number of rotatable bonds is 2. The second kappa shape index (κ2) is 3.98. The third-order valence-corrected chi connectivity index (χ3v) is 2.91. The summed E-state index contributed by atoms with van der Waals surface area (Å²) in [6, 6.07) is 0. The van der Waals surface area contributed by atoms with Gasteiger partial charge in [0, 0.05) is 12.8 Å². The predicted molar refractivity (Wildman–Crippen MR) is 50.8 cm³/mol. The first-order valence-corrected chi connectivity index (χ1v) is 5.08. The van der Waals surface area contributed by atoms with Gasteiger partial charge in [0.25, 0.3) is 0 Å². The first-order valence-electron chi connectivity index (χ1n) is 5.08. The van der Waals surface area contributed by atoms with E-state index < -0.39 is 0 Å². The fraction of sp³-hybridized carbons (Fsp3) is 0.800. The molecule has 0 saturated heterocycles. The Morgan fingerprint density at radius 3 is 3.29 bits per heavy atom. The van der Waals surface area contributed by atoms with E-state index in [1.807, 2.05) is 6.21 Å². The summed E-state index contributed by atoms with van der Waals surface area (Å²) in [7, 11) is 0. The minimum absolute atomic E-state index is 0.191. The Labute approximate surface area is 83.3 Å². The van der Waals surface area contributed by atoms with E-state index in [0.29, 0.717) is 18.4 Å². The third kappa shape index (κ3) is 2.05. The number of ether oxygens (including phenoxy) is 1. The van der Waals surface area contributed by atoms with Gasteiger partial charge in [-0.15, -0.1) is 0 Å². The highest BCUT2D eigenvalue weighted by atomic mass is 16.6. The van der Waals surface area contributed by atoms with Crippen molar-refractivity contribution in [3.8, 4) is 0 Å². The number of nitrogens with zero attached hydrogens (tertiary/aromatic N) is 1. The lowest BCUT2D eigenvalue weighted by Crippen LogP contribution is -2.30. The summed E-state index contributed by atoms with van der Waals surface area (Å²) in [5.41, 5.74) is 0. The molecule has 0 aromatic heterocycles. The van der Waals surface area contributed by atoms with Crippen LogP contribution < -0.4 is 0 Å². The van der Waals surface area contributed by atoms with Gasteiger partial charge < -0.3 is 9.57 Å². The second-order valence-electron chi connectivity index (χ2n) is 4.04. The van der Waals surface area contributed by atoms with Crippen LogP contribution in [-0.2, 0) is 14.4 Å². The molecule has 0 bridgehead atoms. The van der Waals surface area contributed by atoms with E-state index in [1.165, 1.54) is 6.92 Å². The number of esters is 1. The first-order chi connectivity index (χ1) is 6.75. The van der Waals surface area contributed by atoms with E-state index in [4.69, 9.17) is 9.57 Å². The fourth-order valence-corrected chi connectivity index (χ4v) is 2.13. The number of carbonyl (C=O) groups excluding carboxylic acids is 1. The molecule has 3 atom stereocenters. The zero-order valence-electron chi connectivity index (χ0n) is 8.31. The van der Waals surface area contributed by atoms with Crippen LogP contribution in [0.15, 0.2) is 5.16 Å².